The van der Waals surface area contributed by atoms with Crippen LogP contribution in [0.15, 0.2) is 41.5 Å². The number of aryl methyl sites for hydroxylation is 1. The number of hydrogen-bond acceptors (Lipinski definition) is 5. The van der Waals surface area contributed by atoms with Gasteiger partial charge in [-0.2, -0.15) is 13.2 Å². The monoisotopic (exact) mass is 467 g/mol. The van der Waals surface area contributed by atoms with Gasteiger partial charge < -0.3 is 9.84 Å². The van der Waals surface area contributed by atoms with Crippen LogP contribution in [0.2, 0.25) is 0 Å². The summed E-state index contributed by atoms with van der Waals surface area (Å²) in [5, 5.41) is 10.8. The van der Waals surface area contributed by atoms with Crippen molar-refractivity contribution in [2.45, 2.75) is 44.4 Å². The number of hydrogen-bond donors (Lipinski definition) is 1. The molecule has 0 spiro atoms. The highest BCUT2D eigenvalue weighted by molar-refractivity contribution is 5.91. The molecule has 0 bridgehead atoms. The second-order valence-electron chi connectivity index (χ2n) is 8.34. The molecule has 0 saturated carbocycles. The lowest BCUT2D eigenvalue weighted by Crippen LogP contribution is -2.50. The molecule has 5 nitrogen and oxygen atoms in total. The molecule has 33 heavy (non-hydrogen) atoms. The Morgan fingerprint density at radius 1 is 1.09 bits per heavy atom. The van der Waals surface area contributed by atoms with E-state index in [-0.39, 0.29) is 28.2 Å². The van der Waals surface area contributed by atoms with Crippen molar-refractivity contribution in [3.63, 3.8) is 0 Å². The van der Waals surface area contributed by atoms with E-state index in [9.17, 15) is 27.1 Å². The van der Waals surface area contributed by atoms with Gasteiger partial charge in [0.15, 0.2) is 17.2 Å². The number of aliphatic hydroxyl groups is 1. The van der Waals surface area contributed by atoms with Crippen molar-refractivity contribution >= 4 is 22.8 Å². The lowest BCUT2D eigenvalue weighted by Gasteiger charge is -2.35. The summed E-state index contributed by atoms with van der Waals surface area (Å²) in [7, 11) is 1.24. The summed E-state index contributed by atoms with van der Waals surface area (Å²) in [6, 6.07) is 5.92. The number of fused-ring (bicyclic) bond motifs is 1. The second kappa shape index (κ2) is 8.66. The highest BCUT2D eigenvalue weighted by Gasteiger charge is 2.55. The first-order valence-corrected chi connectivity index (χ1v) is 9.87. The Morgan fingerprint density at radius 3 is 2.39 bits per heavy atom. The summed E-state index contributed by atoms with van der Waals surface area (Å²) in [5.74, 6) is -1.18. The van der Waals surface area contributed by atoms with Gasteiger partial charge in [-0.05, 0) is 48.6 Å². The highest BCUT2D eigenvalue weighted by Crippen LogP contribution is 2.41. The van der Waals surface area contributed by atoms with Crippen molar-refractivity contribution in [1.82, 2.24) is 9.97 Å². The predicted molar refractivity (Wildman–Crippen MR) is 114 cm³/mol. The molecular weight excluding hydrogens is 445 g/mol. The third kappa shape index (κ3) is 4.95. The molecule has 0 aliphatic heterocycles. The first kappa shape index (κ1) is 24.5. The van der Waals surface area contributed by atoms with Crippen LogP contribution < -0.4 is 4.74 Å². The molecule has 2 aromatic carbocycles. The zero-order valence-electron chi connectivity index (χ0n) is 18.3. The van der Waals surface area contributed by atoms with Crippen LogP contribution in [0.3, 0.4) is 0 Å². The number of ether oxygens (including phenoxy) is 1. The van der Waals surface area contributed by atoms with Crippen molar-refractivity contribution < 1.29 is 31.8 Å². The lowest BCUT2D eigenvalue weighted by atomic mass is 9.75. The first-order chi connectivity index (χ1) is 15.3. The average molecular weight is 467 g/mol. The third-order valence-corrected chi connectivity index (χ3v) is 5.35. The molecule has 10 heteroatoms. The van der Waals surface area contributed by atoms with Crippen molar-refractivity contribution in [2.75, 3.05) is 7.11 Å². The number of aliphatic imine (C=N–C) groups is 1. The maximum absolute atomic E-state index is 14.1. The Hall–Kier alpha value is -3.14. The zero-order valence-corrected chi connectivity index (χ0v) is 18.3. The van der Waals surface area contributed by atoms with E-state index >= 15 is 0 Å². The summed E-state index contributed by atoms with van der Waals surface area (Å²) in [5.41, 5.74) is -4.40. The van der Waals surface area contributed by atoms with E-state index in [1.54, 1.807) is 6.92 Å². The Bertz CT molecular complexity index is 1210. The highest BCUT2D eigenvalue weighted by atomic mass is 19.4. The van der Waals surface area contributed by atoms with E-state index in [4.69, 9.17) is 4.74 Å². The number of alkyl halides is 3. The minimum atomic E-state index is -5.08. The standard InChI is InChI=1S/C23H22F5N3O2/c1-13-29-10-15-18(8-7-17(25)20(15)31-13)30-12-22(32,23(26,27)28)11-21(2,3)14-5-6-16(24)19(9-14)33-4/h5-10,12,32H,11H2,1-4H3. The number of halogens is 5. The largest absolute Gasteiger partial charge is 0.494 e. The number of benzene rings is 2. The SMILES string of the molecule is COc1cc(C(C)(C)CC(O)(C=Nc2ccc(F)c3nc(C)ncc23)C(F)(F)F)ccc1F. The molecule has 0 fully saturated rings. The molecule has 1 N–H and O–H groups in total. The molecular formula is C23H22F5N3O2. The third-order valence-electron chi connectivity index (χ3n) is 5.35. The molecule has 1 heterocycles. The molecule has 1 unspecified atom stereocenters. The van der Waals surface area contributed by atoms with Crippen molar-refractivity contribution in [3.05, 3.63) is 59.6 Å². The van der Waals surface area contributed by atoms with Gasteiger partial charge in [0.1, 0.15) is 17.2 Å². The van der Waals surface area contributed by atoms with Gasteiger partial charge in [0.05, 0.1) is 12.8 Å². The van der Waals surface area contributed by atoms with E-state index in [1.807, 2.05) is 0 Å². The summed E-state index contributed by atoms with van der Waals surface area (Å²) < 4.78 is 74.7. The minimum absolute atomic E-state index is 0.0321. The van der Waals surface area contributed by atoms with Crippen molar-refractivity contribution in [1.29, 1.82) is 0 Å². The average Bonchev–Trinajstić information content (AvgIpc) is 2.72. The molecule has 0 saturated heterocycles. The Morgan fingerprint density at radius 2 is 1.76 bits per heavy atom. The second-order valence-corrected chi connectivity index (χ2v) is 8.34. The zero-order chi connectivity index (χ0) is 24.6. The van der Waals surface area contributed by atoms with Crippen LogP contribution in [-0.2, 0) is 5.41 Å². The number of aromatic nitrogens is 2. The van der Waals surface area contributed by atoms with Crippen molar-refractivity contribution in [3.8, 4) is 5.75 Å². The first-order valence-electron chi connectivity index (χ1n) is 9.87. The van der Waals surface area contributed by atoms with E-state index in [2.05, 4.69) is 15.0 Å². The van der Waals surface area contributed by atoms with Gasteiger partial charge in [-0.15, -0.1) is 0 Å². The van der Waals surface area contributed by atoms with Crippen LogP contribution >= 0.6 is 0 Å². The Kier molecular flexibility index (Phi) is 6.43. The molecule has 0 radical (unpaired) electrons. The molecule has 0 aliphatic rings. The molecule has 1 aromatic heterocycles. The number of methoxy groups -OCH3 is 1. The fourth-order valence-electron chi connectivity index (χ4n) is 3.52. The van der Waals surface area contributed by atoms with Crippen LogP contribution in [0, 0.1) is 18.6 Å². The maximum atomic E-state index is 14.1. The van der Waals surface area contributed by atoms with Gasteiger partial charge in [-0.3, -0.25) is 4.99 Å². The van der Waals surface area contributed by atoms with Gasteiger partial charge >= 0.3 is 6.18 Å². The number of rotatable bonds is 6. The fraction of sp³-hybridized carbons (Fsp3) is 0.348. The molecule has 0 aliphatic carbocycles. The van der Waals surface area contributed by atoms with Crippen LogP contribution in [0.25, 0.3) is 10.9 Å². The van der Waals surface area contributed by atoms with Gasteiger partial charge in [0.2, 0.25) is 0 Å². The smallest absolute Gasteiger partial charge is 0.422 e. The maximum Gasteiger partial charge on any atom is 0.422 e. The molecule has 3 rings (SSSR count). The van der Waals surface area contributed by atoms with Gasteiger partial charge in [0.25, 0.3) is 0 Å². The van der Waals surface area contributed by atoms with Crippen LogP contribution in [-0.4, -0.2) is 40.2 Å². The summed E-state index contributed by atoms with van der Waals surface area (Å²) in [6.45, 7) is 4.51. The van der Waals surface area contributed by atoms with E-state index < -0.39 is 35.2 Å². The number of nitrogens with zero attached hydrogens (tertiary/aromatic N) is 3. The molecule has 1 atom stereocenters. The minimum Gasteiger partial charge on any atom is -0.494 e. The molecule has 0 amide bonds. The lowest BCUT2D eigenvalue weighted by molar-refractivity contribution is -0.234. The summed E-state index contributed by atoms with van der Waals surface area (Å²) in [6.07, 6.45) is -4.26. The molecule has 176 valence electrons. The molecule has 3 aromatic rings. The van der Waals surface area contributed by atoms with E-state index in [1.165, 1.54) is 45.4 Å². The van der Waals surface area contributed by atoms with E-state index in [0.717, 1.165) is 12.1 Å². The topological polar surface area (TPSA) is 67.6 Å². The summed E-state index contributed by atoms with van der Waals surface area (Å²) in [4.78, 5) is 11.8. The van der Waals surface area contributed by atoms with Crippen LogP contribution in [0.5, 0.6) is 5.75 Å². The van der Waals surface area contributed by atoms with Crippen molar-refractivity contribution in [2.24, 2.45) is 4.99 Å². The normalized spacial score (nSPS) is 14.6. The summed E-state index contributed by atoms with van der Waals surface area (Å²) >= 11 is 0. The van der Waals surface area contributed by atoms with Gasteiger partial charge in [-0.25, -0.2) is 18.7 Å². The van der Waals surface area contributed by atoms with E-state index in [0.29, 0.717) is 11.8 Å². The van der Waals surface area contributed by atoms with Gasteiger partial charge in [0, 0.05) is 17.8 Å². The van der Waals surface area contributed by atoms with Crippen LogP contribution in [0.4, 0.5) is 27.6 Å². The Labute approximate surface area is 187 Å². The van der Waals surface area contributed by atoms with Crippen LogP contribution in [0.1, 0.15) is 31.7 Å². The quantitative estimate of drug-likeness (QED) is 0.379. The Balaban J connectivity index is 2.03. The van der Waals surface area contributed by atoms with Gasteiger partial charge in [-0.1, -0.05) is 19.9 Å². The fourth-order valence-corrected chi connectivity index (χ4v) is 3.52. The predicted octanol–water partition coefficient (Wildman–Crippen LogP) is 5.59.